The van der Waals surface area contributed by atoms with Gasteiger partial charge in [0, 0.05) is 0 Å². The second-order valence-electron chi connectivity index (χ2n) is 6.33. The van der Waals surface area contributed by atoms with Crippen LogP contribution in [0.25, 0.3) is 10.7 Å². The van der Waals surface area contributed by atoms with E-state index in [2.05, 4.69) is 52.3 Å². The molecule has 0 radical (unpaired) electrons. The highest BCUT2D eigenvalue weighted by Gasteiger charge is 2.27. The number of nitrogens with zero attached hydrogens (tertiary/aromatic N) is 3. The molecule has 0 N–H and O–H groups in total. The monoisotopic (exact) mass is 339 g/mol. The molecule has 0 aliphatic carbocycles. The molecule has 0 unspecified atom stereocenters. The first-order chi connectivity index (χ1) is 11.8. The number of piperidine rings is 1. The van der Waals surface area contributed by atoms with Crippen molar-refractivity contribution in [1.82, 2.24) is 15.0 Å². The van der Waals surface area contributed by atoms with Gasteiger partial charge < -0.3 is 4.52 Å². The fourth-order valence-electron chi connectivity index (χ4n) is 3.41. The van der Waals surface area contributed by atoms with Crippen LogP contribution < -0.4 is 0 Å². The molecule has 1 aliphatic rings. The molecule has 0 amide bonds. The van der Waals surface area contributed by atoms with E-state index in [1.165, 1.54) is 18.4 Å². The van der Waals surface area contributed by atoms with Crippen LogP contribution in [0.4, 0.5) is 0 Å². The topological polar surface area (TPSA) is 42.2 Å². The minimum atomic E-state index is 0.169. The second-order valence-corrected chi connectivity index (χ2v) is 7.28. The molecule has 24 heavy (non-hydrogen) atoms. The van der Waals surface area contributed by atoms with Crippen LogP contribution in [0.3, 0.4) is 0 Å². The zero-order valence-corrected chi connectivity index (χ0v) is 14.6. The summed E-state index contributed by atoms with van der Waals surface area (Å²) < 4.78 is 5.52. The van der Waals surface area contributed by atoms with E-state index < -0.39 is 0 Å². The highest BCUT2D eigenvalue weighted by molar-refractivity contribution is 7.13. The Bertz CT molecular complexity index is 761. The van der Waals surface area contributed by atoms with E-state index in [4.69, 9.17) is 4.52 Å². The molecular weight excluding hydrogens is 318 g/mol. The van der Waals surface area contributed by atoms with Crippen molar-refractivity contribution in [2.45, 2.75) is 31.7 Å². The van der Waals surface area contributed by atoms with Crippen molar-refractivity contribution in [3.63, 3.8) is 0 Å². The lowest BCUT2D eigenvalue weighted by atomic mass is 9.89. The van der Waals surface area contributed by atoms with Crippen molar-refractivity contribution in [3.05, 3.63) is 59.3 Å². The SMILES string of the molecule is C[C@@H](c1nc(-c2cccs2)no1)N1CCC(c2ccccc2)CC1. The predicted octanol–water partition coefficient (Wildman–Crippen LogP) is 4.74. The first-order valence-electron chi connectivity index (χ1n) is 8.48. The van der Waals surface area contributed by atoms with Crippen molar-refractivity contribution >= 4 is 11.3 Å². The van der Waals surface area contributed by atoms with Gasteiger partial charge in [-0.25, -0.2) is 0 Å². The maximum Gasteiger partial charge on any atom is 0.244 e. The maximum absolute atomic E-state index is 5.52. The molecule has 1 aromatic carbocycles. The molecule has 5 heteroatoms. The summed E-state index contributed by atoms with van der Waals surface area (Å²) in [6.45, 7) is 4.30. The van der Waals surface area contributed by atoms with Gasteiger partial charge in [-0.1, -0.05) is 41.6 Å². The zero-order chi connectivity index (χ0) is 16.4. The van der Waals surface area contributed by atoms with Crippen molar-refractivity contribution in [3.8, 4) is 10.7 Å². The lowest BCUT2D eigenvalue weighted by Crippen LogP contribution is -2.35. The lowest BCUT2D eigenvalue weighted by molar-refractivity contribution is 0.136. The molecule has 0 saturated carbocycles. The quantitative estimate of drug-likeness (QED) is 0.688. The van der Waals surface area contributed by atoms with Crippen LogP contribution in [0.15, 0.2) is 52.4 Å². The summed E-state index contributed by atoms with van der Waals surface area (Å²) in [5.41, 5.74) is 1.46. The Morgan fingerprint density at radius 2 is 1.92 bits per heavy atom. The number of aromatic nitrogens is 2. The van der Waals surface area contributed by atoms with E-state index in [9.17, 15) is 0 Å². The molecule has 1 atom stereocenters. The third-order valence-electron chi connectivity index (χ3n) is 4.89. The van der Waals surface area contributed by atoms with Crippen molar-refractivity contribution in [2.75, 3.05) is 13.1 Å². The summed E-state index contributed by atoms with van der Waals surface area (Å²) in [4.78, 5) is 8.10. The Hall–Kier alpha value is -1.98. The minimum Gasteiger partial charge on any atom is -0.337 e. The Labute approximate surface area is 146 Å². The molecular formula is C19H21N3OS. The highest BCUT2D eigenvalue weighted by atomic mass is 32.1. The van der Waals surface area contributed by atoms with Crippen LogP contribution in [0.1, 0.15) is 43.2 Å². The van der Waals surface area contributed by atoms with Gasteiger partial charge in [-0.2, -0.15) is 4.98 Å². The minimum absolute atomic E-state index is 0.169. The fourth-order valence-corrected chi connectivity index (χ4v) is 4.06. The van der Waals surface area contributed by atoms with Gasteiger partial charge in [0.05, 0.1) is 10.9 Å². The maximum atomic E-state index is 5.52. The summed E-state index contributed by atoms with van der Waals surface area (Å²) >= 11 is 1.64. The summed E-state index contributed by atoms with van der Waals surface area (Å²) in [5, 5.41) is 6.17. The molecule has 1 aliphatic heterocycles. The highest BCUT2D eigenvalue weighted by Crippen LogP contribution is 2.32. The summed E-state index contributed by atoms with van der Waals surface area (Å²) in [6, 6.07) is 15.0. The Kier molecular flexibility index (Phi) is 4.45. The largest absolute Gasteiger partial charge is 0.337 e. The van der Waals surface area contributed by atoms with E-state index in [0.717, 1.165) is 23.9 Å². The van der Waals surface area contributed by atoms with E-state index >= 15 is 0 Å². The smallest absolute Gasteiger partial charge is 0.244 e. The number of rotatable bonds is 4. The summed E-state index contributed by atoms with van der Waals surface area (Å²) in [5.74, 6) is 2.08. The molecule has 1 fully saturated rings. The molecule has 0 spiro atoms. The van der Waals surface area contributed by atoms with E-state index in [0.29, 0.717) is 11.7 Å². The molecule has 124 valence electrons. The van der Waals surface area contributed by atoms with Gasteiger partial charge in [0.1, 0.15) is 0 Å². The third-order valence-corrected chi connectivity index (χ3v) is 5.75. The Balaban J connectivity index is 1.40. The van der Waals surface area contributed by atoms with Gasteiger partial charge in [-0.05, 0) is 55.8 Å². The molecule has 4 rings (SSSR count). The lowest BCUT2D eigenvalue weighted by Gasteiger charge is -2.34. The Morgan fingerprint density at radius 1 is 1.12 bits per heavy atom. The number of hydrogen-bond donors (Lipinski definition) is 0. The van der Waals surface area contributed by atoms with Gasteiger partial charge >= 0.3 is 0 Å². The van der Waals surface area contributed by atoms with Crippen LogP contribution in [-0.4, -0.2) is 28.1 Å². The number of hydrogen-bond acceptors (Lipinski definition) is 5. The van der Waals surface area contributed by atoms with Gasteiger partial charge in [0.25, 0.3) is 0 Å². The number of likely N-dealkylation sites (tertiary alicyclic amines) is 1. The van der Waals surface area contributed by atoms with Gasteiger partial charge in [-0.15, -0.1) is 11.3 Å². The average Bonchev–Trinajstić information content (AvgIpc) is 3.33. The average molecular weight is 339 g/mol. The van der Waals surface area contributed by atoms with Gasteiger partial charge in [0.15, 0.2) is 0 Å². The standard InChI is InChI=1S/C19H21N3OS/c1-14(19-20-18(21-23-19)17-8-5-13-24-17)22-11-9-16(10-12-22)15-6-3-2-4-7-15/h2-8,13-14,16H,9-12H2,1H3/t14-/m0/s1. The van der Waals surface area contributed by atoms with E-state index in [1.807, 2.05) is 17.5 Å². The molecule has 3 aromatic rings. The number of benzene rings is 1. The van der Waals surface area contributed by atoms with Crippen LogP contribution in [0.5, 0.6) is 0 Å². The fraction of sp³-hybridized carbons (Fsp3) is 0.368. The van der Waals surface area contributed by atoms with Crippen LogP contribution in [-0.2, 0) is 0 Å². The van der Waals surface area contributed by atoms with Crippen molar-refractivity contribution < 1.29 is 4.52 Å². The van der Waals surface area contributed by atoms with Crippen molar-refractivity contribution in [2.24, 2.45) is 0 Å². The molecule has 4 nitrogen and oxygen atoms in total. The van der Waals surface area contributed by atoms with Gasteiger partial charge in [0.2, 0.25) is 11.7 Å². The van der Waals surface area contributed by atoms with E-state index in [1.54, 1.807) is 11.3 Å². The first kappa shape index (κ1) is 15.5. The van der Waals surface area contributed by atoms with Crippen LogP contribution >= 0.6 is 11.3 Å². The zero-order valence-electron chi connectivity index (χ0n) is 13.8. The van der Waals surface area contributed by atoms with E-state index in [-0.39, 0.29) is 6.04 Å². The normalized spacial score (nSPS) is 17.9. The first-order valence-corrected chi connectivity index (χ1v) is 9.35. The van der Waals surface area contributed by atoms with Crippen molar-refractivity contribution in [1.29, 1.82) is 0 Å². The molecule has 1 saturated heterocycles. The second kappa shape index (κ2) is 6.87. The van der Waals surface area contributed by atoms with Crippen LogP contribution in [0, 0.1) is 0 Å². The Morgan fingerprint density at radius 3 is 2.62 bits per heavy atom. The predicted molar refractivity (Wildman–Crippen MR) is 96.0 cm³/mol. The van der Waals surface area contributed by atoms with Crippen LogP contribution in [0.2, 0.25) is 0 Å². The van der Waals surface area contributed by atoms with Gasteiger partial charge in [-0.3, -0.25) is 4.90 Å². The molecule has 0 bridgehead atoms. The summed E-state index contributed by atoms with van der Waals surface area (Å²) in [7, 11) is 0. The molecule has 3 heterocycles. The molecule has 2 aromatic heterocycles. The third kappa shape index (κ3) is 3.14. The summed E-state index contributed by atoms with van der Waals surface area (Å²) in [6.07, 6.45) is 2.36. The number of thiophene rings is 1.